The fourth-order valence-electron chi connectivity index (χ4n) is 1.46. The summed E-state index contributed by atoms with van der Waals surface area (Å²) in [6.07, 6.45) is -3.74. The molecule has 114 valence electrons. The van der Waals surface area contributed by atoms with Crippen LogP contribution in [-0.2, 0) is 22.7 Å². The highest BCUT2D eigenvalue weighted by molar-refractivity contribution is 7.88. The van der Waals surface area contributed by atoms with Crippen molar-refractivity contribution in [2.45, 2.75) is 12.7 Å². The third kappa shape index (κ3) is 5.85. The first kappa shape index (κ1) is 16.9. The fraction of sp³-hybridized carbons (Fsp3) is 0.455. The number of alkyl halides is 3. The number of hydrogen-bond donors (Lipinski definition) is 2. The van der Waals surface area contributed by atoms with Gasteiger partial charge >= 0.3 is 6.18 Å². The van der Waals surface area contributed by atoms with Crippen molar-refractivity contribution in [3.8, 4) is 0 Å². The number of hydrogen-bond acceptors (Lipinski definition) is 3. The summed E-state index contributed by atoms with van der Waals surface area (Å²) in [4.78, 5) is 0. The quantitative estimate of drug-likeness (QED) is 0.618. The smallest absolute Gasteiger partial charge is 0.311 e. The Bertz CT molecular complexity index is 558. The summed E-state index contributed by atoms with van der Waals surface area (Å²) < 4.78 is 74.1. The molecule has 1 aromatic rings. The monoisotopic (exact) mass is 314 g/mol. The summed E-state index contributed by atoms with van der Waals surface area (Å²) >= 11 is 0. The van der Waals surface area contributed by atoms with E-state index in [2.05, 4.69) is 10.0 Å². The maximum atomic E-state index is 13.0. The van der Waals surface area contributed by atoms with Crippen LogP contribution in [0.2, 0.25) is 0 Å². The lowest BCUT2D eigenvalue weighted by Crippen LogP contribution is -2.30. The Morgan fingerprint density at radius 3 is 2.40 bits per heavy atom. The minimum atomic E-state index is -4.74. The molecule has 0 fully saturated rings. The van der Waals surface area contributed by atoms with E-state index in [4.69, 9.17) is 0 Å². The molecule has 0 aliphatic heterocycles. The standard InChI is InChI=1S/C11H14F4N2O2S/c1-20(18,19)17-5-4-16-7-8-2-3-10(12)9(6-8)11(13,14)15/h2-3,6,16-17H,4-5,7H2,1H3. The SMILES string of the molecule is CS(=O)(=O)NCCNCc1ccc(F)c(C(F)(F)F)c1. The van der Waals surface area contributed by atoms with Crippen molar-refractivity contribution < 1.29 is 26.0 Å². The minimum absolute atomic E-state index is 0.0782. The second-order valence-electron chi connectivity index (χ2n) is 4.16. The van der Waals surface area contributed by atoms with Crippen LogP contribution in [0, 0.1) is 5.82 Å². The number of nitrogens with one attached hydrogen (secondary N) is 2. The van der Waals surface area contributed by atoms with Crippen LogP contribution in [0.25, 0.3) is 0 Å². The number of benzene rings is 1. The normalized spacial score (nSPS) is 12.7. The van der Waals surface area contributed by atoms with Crippen LogP contribution in [0.3, 0.4) is 0 Å². The van der Waals surface area contributed by atoms with E-state index in [1.54, 1.807) is 0 Å². The van der Waals surface area contributed by atoms with E-state index < -0.39 is 27.6 Å². The molecular weight excluding hydrogens is 300 g/mol. The van der Waals surface area contributed by atoms with Gasteiger partial charge < -0.3 is 5.32 Å². The van der Waals surface area contributed by atoms with Gasteiger partial charge in [0.05, 0.1) is 11.8 Å². The Hall–Kier alpha value is -1.19. The molecule has 0 amide bonds. The molecule has 0 radical (unpaired) electrons. The first-order valence-electron chi connectivity index (χ1n) is 5.60. The van der Waals surface area contributed by atoms with Crippen LogP contribution in [-0.4, -0.2) is 27.8 Å². The highest BCUT2D eigenvalue weighted by Crippen LogP contribution is 2.31. The van der Waals surface area contributed by atoms with Crippen molar-refractivity contribution in [3.63, 3.8) is 0 Å². The Balaban J connectivity index is 2.53. The Morgan fingerprint density at radius 2 is 1.85 bits per heavy atom. The van der Waals surface area contributed by atoms with Gasteiger partial charge in [0, 0.05) is 19.6 Å². The zero-order valence-corrected chi connectivity index (χ0v) is 11.4. The summed E-state index contributed by atoms with van der Waals surface area (Å²) in [5.41, 5.74) is -1.05. The van der Waals surface area contributed by atoms with E-state index in [1.165, 1.54) is 6.07 Å². The van der Waals surface area contributed by atoms with E-state index in [-0.39, 0.29) is 25.2 Å². The van der Waals surface area contributed by atoms with Crippen LogP contribution < -0.4 is 10.0 Å². The molecule has 1 rings (SSSR count). The van der Waals surface area contributed by atoms with Crippen LogP contribution in [0.1, 0.15) is 11.1 Å². The van der Waals surface area contributed by atoms with E-state index in [0.29, 0.717) is 0 Å². The molecule has 0 aliphatic rings. The fourth-order valence-corrected chi connectivity index (χ4v) is 1.93. The highest BCUT2D eigenvalue weighted by Gasteiger charge is 2.34. The predicted molar refractivity (Wildman–Crippen MR) is 66.0 cm³/mol. The molecular formula is C11H14F4N2O2S. The van der Waals surface area contributed by atoms with Gasteiger partial charge in [-0.2, -0.15) is 13.2 Å². The second-order valence-corrected chi connectivity index (χ2v) is 5.99. The van der Waals surface area contributed by atoms with Gasteiger partial charge in [-0.1, -0.05) is 6.07 Å². The number of rotatable bonds is 6. The Morgan fingerprint density at radius 1 is 1.20 bits per heavy atom. The summed E-state index contributed by atoms with van der Waals surface area (Å²) in [6.45, 7) is 0.437. The lowest BCUT2D eigenvalue weighted by molar-refractivity contribution is -0.140. The lowest BCUT2D eigenvalue weighted by atomic mass is 10.1. The molecule has 0 aromatic heterocycles. The molecule has 1 aromatic carbocycles. The molecule has 4 nitrogen and oxygen atoms in total. The minimum Gasteiger partial charge on any atom is -0.311 e. The van der Waals surface area contributed by atoms with Crippen molar-refractivity contribution in [2.24, 2.45) is 0 Å². The average molecular weight is 314 g/mol. The van der Waals surface area contributed by atoms with Crippen LogP contribution >= 0.6 is 0 Å². The summed E-state index contributed by atoms with van der Waals surface area (Å²) in [5.74, 6) is -1.32. The number of sulfonamides is 1. The largest absolute Gasteiger partial charge is 0.419 e. The Labute approximate surface area is 114 Å². The summed E-state index contributed by atoms with van der Waals surface area (Å²) in [5, 5.41) is 2.76. The van der Waals surface area contributed by atoms with Crippen molar-refractivity contribution in [1.29, 1.82) is 0 Å². The summed E-state index contributed by atoms with van der Waals surface area (Å²) in [6, 6.07) is 2.72. The summed E-state index contributed by atoms with van der Waals surface area (Å²) in [7, 11) is -3.29. The third-order valence-corrected chi connectivity index (χ3v) is 3.06. The highest BCUT2D eigenvalue weighted by atomic mass is 32.2. The zero-order chi connectivity index (χ0) is 15.4. The van der Waals surface area contributed by atoms with E-state index in [1.807, 2.05) is 0 Å². The van der Waals surface area contributed by atoms with Gasteiger partial charge in [0.1, 0.15) is 5.82 Å². The van der Waals surface area contributed by atoms with Gasteiger partial charge in [-0.25, -0.2) is 17.5 Å². The number of halogens is 4. The molecule has 2 N–H and O–H groups in total. The molecule has 0 unspecified atom stereocenters. The molecule has 20 heavy (non-hydrogen) atoms. The molecule has 0 bridgehead atoms. The van der Waals surface area contributed by atoms with Crippen molar-refractivity contribution >= 4 is 10.0 Å². The van der Waals surface area contributed by atoms with Gasteiger partial charge in [0.25, 0.3) is 0 Å². The van der Waals surface area contributed by atoms with E-state index in [9.17, 15) is 26.0 Å². The molecule has 0 aliphatic carbocycles. The van der Waals surface area contributed by atoms with Crippen molar-refractivity contribution in [1.82, 2.24) is 10.0 Å². The van der Waals surface area contributed by atoms with E-state index in [0.717, 1.165) is 18.4 Å². The van der Waals surface area contributed by atoms with Crippen molar-refractivity contribution in [2.75, 3.05) is 19.3 Å². The first-order valence-corrected chi connectivity index (χ1v) is 7.50. The molecule has 0 atom stereocenters. The zero-order valence-electron chi connectivity index (χ0n) is 10.6. The lowest BCUT2D eigenvalue weighted by Gasteiger charge is -2.11. The van der Waals surface area contributed by atoms with Gasteiger partial charge in [-0.05, 0) is 17.7 Å². The van der Waals surface area contributed by atoms with Gasteiger partial charge in [0.2, 0.25) is 10.0 Å². The van der Waals surface area contributed by atoms with E-state index >= 15 is 0 Å². The van der Waals surface area contributed by atoms with Crippen LogP contribution in [0.4, 0.5) is 17.6 Å². The second kappa shape index (κ2) is 6.51. The maximum absolute atomic E-state index is 13.0. The topological polar surface area (TPSA) is 58.2 Å². The maximum Gasteiger partial charge on any atom is 0.419 e. The molecule has 9 heteroatoms. The Kier molecular flexibility index (Phi) is 5.49. The molecule has 0 saturated carbocycles. The van der Waals surface area contributed by atoms with Gasteiger partial charge in [-0.3, -0.25) is 0 Å². The average Bonchev–Trinajstić information content (AvgIpc) is 2.27. The molecule has 0 saturated heterocycles. The first-order chi connectivity index (χ1) is 9.09. The molecule has 0 spiro atoms. The molecule has 0 heterocycles. The van der Waals surface area contributed by atoms with Gasteiger partial charge in [0.15, 0.2) is 0 Å². The third-order valence-electron chi connectivity index (χ3n) is 2.33. The predicted octanol–water partition coefficient (Wildman–Crippen LogP) is 1.48. The van der Waals surface area contributed by atoms with Crippen molar-refractivity contribution in [3.05, 3.63) is 35.1 Å². The van der Waals surface area contributed by atoms with Crippen LogP contribution in [0.5, 0.6) is 0 Å². The van der Waals surface area contributed by atoms with Crippen LogP contribution in [0.15, 0.2) is 18.2 Å². The van der Waals surface area contributed by atoms with Gasteiger partial charge in [-0.15, -0.1) is 0 Å².